The number of imidazole rings is 1. The van der Waals surface area contributed by atoms with E-state index < -0.39 is 5.82 Å². The molecule has 0 atom stereocenters. The van der Waals surface area contributed by atoms with Crippen molar-refractivity contribution in [3.8, 4) is 5.69 Å². The van der Waals surface area contributed by atoms with E-state index in [1.54, 1.807) is 36.2 Å². The van der Waals surface area contributed by atoms with E-state index in [2.05, 4.69) is 15.6 Å². The highest BCUT2D eigenvalue weighted by molar-refractivity contribution is 5.92. The summed E-state index contributed by atoms with van der Waals surface area (Å²) in [6.07, 6.45) is 4.73. The molecular formula is C14H19Cl2FN4O2. The van der Waals surface area contributed by atoms with Gasteiger partial charge in [0.1, 0.15) is 5.82 Å². The van der Waals surface area contributed by atoms with Crippen LogP contribution >= 0.6 is 24.8 Å². The van der Waals surface area contributed by atoms with Crippen LogP contribution in [0.2, 0.25) is 0 Å². The molecule has 6 nitrogen and oxygen atoms in total. The van der Waals surface area contributed by atoms with E-state index in [-0.39, 0.29) is 37.3 Å². The number of hydrogen-bond donors (Lipinski definition) is 2. The summed E-state index contributed by atoms with van der Waals surface area (Å²) in [5.74, 6) is -0.668. The Balaban J connectivity index is 0.00000242. The molecule has 0 aliphatic heterocycles. The third-order valence-corrected chi connectivity index (χ3v) is 2.78. The molecule has 1 aromatic carbocycles. The maximum absolute atomic E-state index is 14.0. The molecule has 0 spiro atoms. The number of nitrogens with zero attached hydrogens (tertiary/aromatic N) is 2. The van der Waals surface area contributed by atoms with E-state index >= 15 is 0 Å². The van der Waals surface area contributed by atoms with Gasteiger partial charge in [0, 0.05) is 31.7 Å². The fourth-order valence-electron chi connectivity index (χ4n) is 1.78. The molecule has 1 heterocycles. The molecule has 1 aromatic heterocycles. The van der Waals surface area contributed by atoms with Gasteiger partial charge in [0.25, 0.3) is 0 Å². The lowest BCUT2D eigenvalue weighted by Gasteiger charge is -2.09. The number of benzene rings is 1. The lowest BCUT2D eigenvalue weighted by molar-refractivity contribution is -0.115. The van der Waals surface area contributed by atoms with Gasteiger partial charge in [-0.1, -0.05) is 0 Å². The number of nitrogens with one attached hydrogen (secondary N) is 2. The molecule has 0 aliphatic rings. The van der Waals surface area contributed by atoms with Gasteiger partial charge in [-0.25, -0.2) is 9.37 Å². The zero-order valence-corrected chi connectivity index (χ0v) is 14.1. The summed E-state index contributed by atoms with van der Waals surface area (Å²) in [5, 5.41) is 5.54. The lowest BCUT2D eigenvalue weighted by Crippen LogP contribution is -2.30. The van der Waals surface area contributed by atoms with Gasteiger partial charge in [-0.3, -0.25) is 4.79 Å². The van der Waals surface area contributed by atoms with Crippen molar-refractivity contribution in [2.24, 2.45) is 0 Å². The maximum atomic E-state index is 14.0. The Bertz CT molecular complexity index is 596. The summed E-state index contributed by atoms with van der Waals surface area (Å²) >= 11 is 0. The topological polar surface area (TPSA) is 68.2 Å². The van der Waals surface area contributed by atoms with Gasteiger partial charge in [0.2, 0.25) is 5.91 Å². The highest BCUT2D eigenvalue weighted by Crippen LogP contribution is 2.17. The number of anilines is 1. The molecule has 1 amide bonds. The van der Waals surface area contributed by atoms with Gasteiger partial charge in [-0.15, -0.1) is 24.8 Å². The molecule has 0 saturated carbocycles. The van der Waals surface area contributed by atoms with Crippen molar-refractivity contribution >= 4 is 36.4 Å². The van der Waals surface area contributed by atoms with Crippen LogP contribution in [0.3, 0.4) is 0 Å². The summed E-state index contributed by atoms with van der Waals surface area (Å²) in [7, 11) is 1.59. The molecule has 9 heteroatoms. The first-order valence-corrected chi connectivity index (χ1v) is 6.48. The Labute approximate surface area is 146 Å². The summed E-state index contributed by atoms with van der Waals surface area (Å²) in [4.78, 5) is 15.5. The third kappa shape index (κ3) is 6.54. The monoisotopic (exact) mass is 364 g/mol. The van der Waals surface area contributed by atoms with Crippen LogP contribution < -0.4 is 10.6 Å². The second kappa shape index (κ2) is 11.0. The minimum Gasteiger partial charge on any atom is -0.383 e. The lowest BCUT2D eigenvalue weighted by atomic mass is 10.2. The molecule has 23 heavy (non-hydrogen) atoms. The van der Waals surface area contributed by atoms with E-state index in [4.69, 9.17) is 4.74 Å². The normalized spacial score (nSPS) is 9.65. The number of methoxy groups -OCH3 is 1. The van der Waals surface area contributed by atoms with Gasteiger partial charge in [0.15, 0.2) is 0 Å². The molecule has 0 bridgehead atoms. The van der Waals surface area contributed by atoms with Crippen LogP contribution in [0.15, 0.2) is 36.9 Å². The van der Waals surface area contributed by atoms with Crippen molar-refractivity contribution in [1.82, 2.24) is 14.9 Å². The van der Waals surface area contributed by atoms with Crippen molar-refractivity contribution < 1.29 is 13.9 Å². The Morgan fingerprint density at radius 1 is 1.39 bits per heavy atom. The quantitative estimate of drug-likeness (QED) is 0.737. The zero-order chi connectivity index (χ0) is 15.1. The van der Waals surface area contributed by atoms with Crippen molar-refractivity contribution in [3.05, 3.63) is 42.7 Å². The minimum absolute atomic E-state index is 0. The van der Waals surface area contributed by atoms with E-state index in [9.17, 15) is 9.18 Å². The van der Waals surface area contributed by atoms with E-state index in [1.807, 2.05) is 0 Å². The number of carbonyl (C=O) groups is 1. The molecular weight excluding hydrogens is 346 g/mol. The molecule has 0 unspecified atom stereocenters. The molecule has 0 aliphatic carbocycles. The van der Waals surface area contributed by atoms with Crippen LogP contribution in [0.4, 0.5) is 10.1 Å². The van der Waals surface area contributed by atoms with E-state index in [0.29, 0.717) is 24.5 Å². The average molecular weight is 365 g/mol. The second-order valence-electron chi connectivity index (χ2n) is 4.35. The first-order valence-electron chi connectivity index (χ1n) is 6.48. The minimum atomic E-state index is -0.432. The third-order valence-electron chi connectivity index (χ3n) is 2.78. The van der Waals surface area contributed by atoms with Crippen LogP contribution in [-0.2, 0) is 9.53 Å². The number of aromatic nitrogens is 2. The molecule has 2 rings (SSSR count). The van der Waals surface area contributed by atoms with Gasteiger partial charge in [-0.2, -0.15) is 0 Å². The Kier molecular flexibility index (Phi) is 10.2. The molecule has 2 N–H and O–H groups in total. The molecule has 0 fully saturated rings. The van der Waals surface area contributed by atoms with E-state index in [1.165, 1.54) is 12.4 Å². The smallest absolute Gasteiger partial charge is 0.238 e. The molecule has 0 radical (unpaired) electrons. The molecule has 2 aromatic rings. The number of hydrogen-bond acceptors (Lipinski definition) is 4. The summed E-state index contributed by atoms with van der Waals surface area (Å²) in [6.45, 7) is 1.26. The first-order chi connectivity index (χ1) is 10.2. The second-order valence-corrected chi connectivity index (χ2v) is 4.35. The van der Waals surface area contributed by atoms with Crippen LogP contribution in [-0.4, -0.2) is 42.3 Å². The summed E-state index contributed by atoms with van der Waals surface area (Å²) in [5.41, 5.74) is 0.790. The van der Waals surface area contributed by atoms with E-state index in [0.717, 1.165) is 0 Å². The largest absolute Gasteiger partial charge is 0.383 e. The standard InChI is InChI=1S/C14H17FN4O2.2ClH/c1-21-7-5-16-9-14(20)18-11-2-3-13(12(15)8-11)19-6-4-17-10-19;;/h2-4,6,8,10,16H,5,7,9H2,1H3,(H,18,20);2*1H. The van der Waals surface area contributed by atoms with Crippen LogP contribution in [0.5, 0.6) is 0 Å². The van der Waals surface area contributed by atoms with Gasteiger partial charge < -0.3 is 19.9 Å². The van der Waals surface area contributed by atoms with Crippen LogP contribution in [0.1, 0.15) is 0 Å². The number of halogens is 3. The van der Waals surface area contributed by atoms with Gasteiger partial charge >= 0.3 is 0 Å². The Morgan fingerprint density at radius 3 is 2.78 bits per heavy atom. The van der Waals surface area contributed by atoms with Crippen molar-refractivity contribution in [3.63, 3.8) is 0 Å². The van der Waals surface area contributed by atoms with Crippen molar-refractivity contribution in [2.75, 3.05) is 32.1 Å². The van der Waals surface area contributed by atoms with Crippen molar-refractivity contribution in [2.45, 2.75) is 0 Å². The maximum Gasteiger partial charge on any atom is 0.238 e. The fraction of sp³-hybridized carbons (Fsp3) is 0.286. The average Bonchev–Trinajstić information content (AvgIpc) is 2.98. The van der Waals surface area contributed by atoms with Gasteiger partial charge in [0.05, 0.1) is 25.2 Å². The predicted molar refractivity (Wildman–Crippen MR) is 91.4 cm³/mol. The van der Waals surface area contributed by atoms with Gasteiger partial charge in [-0.05, 0) is 18.2 Å². The zero-order valence-electron chi connectivity index (χ0n) is 12.5. The first kappa shape index (κ1) is 21.3. The molecule has 0 saturated heterocycles. The number of ether oxygens (including phenoxy) is 1. The Morgan fingerprint density at radius 2 is 2.17 bits per heavy atom. The number of carbonyl (C=O) groups excluding carboxylic acids is 1. The van der Waals surface area contributed by atoms with Crippen LogP contribution in [0, 0.1) is 5.82 Å². The molecule has 128 valence electrons. The SMILES string of the molecule is COCCNCC(=O)Nc1ccc(-n2ccnc2)c(F)c1.Cl.Cl. The highest BCUT2D eigenvalue weighted by Gasteiger charge is 2.07. The summed E-state index contributed by atoms with van der Waals surface area (Å²) < 4.78 is 20.4. The number of rotatable bonds is 7. The Hall–Kier alpha value is -1.67. The highest BCUT2D eigenvalue weighted by atomic mass is 35.5. The summed E-state index contributed by atoms with van der Waals surface area (Å²) in [6, 6.07) is 4.51. The van der Waals surface area contributed by atoms with Crippen LogP contribution in [0.25, 0.3) is 5.69 Å². The predicted octanol–water partition coefficient (Wildman–Crippen LogP) is 2.03. The number of amides is 1. The fourth-order valence-corrected chi connectivity index (χ4v) is 1.78. The van der Waals surface area contributed by atoms with Crippen molar-refractivity contribution in [1.29, 1.82) is 0 Å².